The van der Waals surface area contributed by atoms with E-state index in [1.165, 1.54) is 16.6 Å². The Morgan fingerprint density at radius 1 is 1.14 bits per heavy atom. The number of hydrogen-bond donors (Lipinski definition) is 1. The number of aromatic nitrogens is 2. The Bertz CT molecular complexity index is 743. The van der Waals surface area contributed by atoms with Crippen LogP contribution < -0.4 is 5.32 Å². The molecule has 3 aromatic rings. The third-order valence-corrected chi connectivity index (χ3v) is 3.75. The zero-order valence-electron chi connectivity index (χ0n) is 12.6. The number of benzene rings is 1. The van der Waals surface area contributed by atoms with Crippen molar-refractivity contribution in [1.82, 2.24) is 14.9 Å². The minimum Gasteiger partial charge on any atom is -0.346 e. The maximum Gasteiger partial charge on any atom is 0.0708 e. The summed E-state index contributed by atoms with van der Waals surface area (Å²) in [7, 11) is 0. The van der Waals surface area contributed by atoms with E-state index >= 15 is 0 Å². The van der Waals surface area contributed by atoms with Crippen LogP contribution in [0.15, 0.2) is 48.7 Å². The number of nitrogens with zero attached hydrogens (tertiary/aromatic N) is 2. The molecule has 0 spiro atoms. The second-order valence-electron chi connectivity index (χ2n) is 5.35. The van der Waals surface area contributed by atoms with Gasteiger partial charge in [-0.2, -0.15) is 0 Å². The Labute approximate surface area is 125 Å². The quantitative estimate of drug-likeness (QED) is 0.774. The van der Waals surface area contributed by atoms with Crippen LogP contribution in [0.3, 0.4) is 0 Å². The van der Waals surface area contributed by atoms with Crippen LogP contribution in [0.5, 0.6) is 0 Å². The monoisotopic (exact) mass is 279 g/mol. The van der Waals surface area contributed by atoms with Crippen molar-refractivity contribution in [1.29, 1.82) is 0 Å². The van der Waals surface area contributed by atoms with E-state index in [9.17, 15) is 0 Å². The van der Waals surface area contributed by atoms with E-state index in [0.717, 1.165) is 30.8 Å². The Kier molecular flexibility index (Phi) is 4.02. The van der Waals surface area contributed by atoms with Crippen LogP contribution in [0.2, 0.25) is 0 Å². The summed E-state index contributed by atoms with van der Waals surface area (Å²) in [5, 5.41) is 4.63. The van der Waals surface area contributed by atoms with Gasteiger partial charge in [-0.25, -0.2) is 0 Å². The van der Waals surface area contributed by atoms with Gasteiger partial charge in [-0.15, -0.1) is 0 Å². The summed E-state index contributed by atoms with van der Waals surface area (Å²) >= 11 is 0. The fourth-order valence-corrected chi connectivity index (χ4v) is 2.73. The number of nitrogens with one attached hydrogen (secondary N) is 1. The molecule has 1 N–H and O–H groups in total. The minimum atomic E-state index is 0.887. The van der Waals surface area contributed by atoms with Crippen molar-refractivity contribution in [2.45, 2.75) is 26.9 Å². The summed E-state index contributed by atoms with van der Waals surface area (Å²) in [6.45, 7) is 6.98. The summed E-state index contributed by atoms with van der Waals surface area (Å²) < 4.78 is 2.31. The largest absolute Gasteiger partial charge is 0.346 e. The Morgan fingerprint density at radius 3 is 2.86 bits per heavy atom. The highest BCUT2D eigenvalue weighted by atomic mass is 15.0. The average molecular weight is 279 g/mol. The lowest BCUT2D eigenvalue weighted by molar-refractivity contribution is 0.658. The number of rotatable bonds is 5. The molecule has 0 aliphatic rings. The SMILES string of the molecule is CCNCc1cccn1Cc1cc(C)nc2ccccc12. The van der Waals surface area contributed by atoms with Crippen LogP contribution in [-0.2, 0) is 13.1 Å². The zero-order valence-corrected chi connectivity index (χ0v) is 12.6. The fourth-order valence-electron chi connectivity index (χ4n) is 2.73. The molecule has 0 atom stereocenters. The molecule has 0 fully saturated rings. The highest BCUT2D eigenvalue weighted by Gasteiger charge is 2.06. The van der Waals surface area contributed by atoms with Crippen molar-refractivity contribution >= 4 is 10.9 Å². The van der Waals surface area contributed by atoms with Crippen molar-refractivity contribution in [3.05, 3.63) is 65.6 Å². The van der Waals surface area contributed by atoms with E-state index in [2.05, 4.69) is 71.3 Å². The molecule has 3 rings (SSSR count). The summed E-state index contributed by atoms with van der Waals surface area (Å²) in [4.78, 5) is 4.62. The molecule has 3 nitrogen and oxygen atoms in total. The molecule has 21 heavy (non-hydrogen) atoms. The lowest BCUT2D eigenvalue weighted by Crippen LogP contribution is -2.15. The maximum atomic E-state index is 4.62. The normalized spacial score (nSPS) is 11.1. The second-order valence-corrected chi connectivity index (χ2v) is 5.35. The lowest BCUT2D eigenvalue weighted by Gasteiger charge is -2.12. The molecule has 0 radical (unpaired) electrons. The van der Waals surface area contributed by atoms with Crippen molar-refractivity contribution < 1.29 is 0 Å². The standard InChI is InChI=1S/C18H21N3/c1-3-19-12-16-7-6-10-21(16)13-15-11-14(2)20-18-9-5-4-8-17(15)18/h4-11,19H,3,12-13H2,1-2H3. The Balaban J connectivity index is 1.96. The van der Waals surface area contributed by atoms with Crippen LogP contribution in [0.4, 0.5) is 0 Å². The van der Waals surface area contributed by atoms with Gasteiger partial charge in [0.2, 0.25) is 0 Å². The average Bonchev–Trinajstić information content (AvgIpc) is 2.92. The number of hydrogen-bond acceptors (Lipinski definition) is 2. The number of fused-ring (bicyclic) bond motifs is 1. The summed E-state index contributed by atoms with van der Waals surface area (Å²) in [6.07, 6.45) is 2.15. The van der Waals surface area contributed by atoms with Crippen molar-refractivity contribution in [2.75, 3.05) is 6.54 Å². The van der Waals surface area contributed by atoms with Crippen molar-refractivity contribution in [3.63, 3.8) is 0 Å². The van der Waals surface area contributed by atoms with Crippen LogP contribution in [-0.4, -0.2) is 16.1 Å². The topological polar surface area (TPSA) is 29.9 Å². The highest BCUT2D eigenvalue weighted by Crippen LogP contribution is 2.20. The third kappa shape index (κ3) is 2.98. The predicted octanol–water partition coefficient (Wildman–Crippen LogP) is 3.50. The van der Waals surface area contributed by atoms with E-state index < -0.39 is 0 Å². The third-order valence-electron chi connectivity index (χ3n) is 3.75. The molecule has 0 saturated carbocycles. The molecule has 0 aliphatic heterocycles. The van der Waals surface area contributed by atoms with Crippen LogP contribution >= 0.6 is 0 Å². The molecule has 0 amide bonds. The van der Waals surface area contributed by atoms with Gasteiger partial charge in [0.05, 0.1) is 5.52 Å². The molecule has 1 aromatic carbocycles. The van der Waals surface area contributed by atoms with Gasteiger partial charge < -0.3 is 9.88 Å². The molecule has 0 saturated heterocycles. The summed E-state index contributed by atoms with van der Waals surface area (Å²) in [5.74, 6) is 0. The fraction of sp³-hybridized carbons (Fsp3) is 0.278. The van der Waals surface area contributed by atoms with Gasteiger partial charge in [0.1, 0.15) is 0 Å². The molecule has 3 heteroatoms. The predicted molar refractivity (Wildman–Crippen MR) is 87.4 cm³/mol. The molecule has 0 bridgehead atoms. The van der Waals surface area contributed by atoms with Crippen LogP contribution in [0.25, 0.3) is 10.9 Å². The molecule has 2 heterocycles. The van der Waals surface area contributed by atoms with E-state index in [-0.39, 0.29) is 0 Å². The highest BCUT2D eigenvalue weighted by molar-refractivity contribution is 5.82. The van der Waals surface area contributed by atoms with Crippen LogP contribution in [0, 0.1) is 6.92 Å². The number of pyridine rings is 1. The van der Waals surface area contributed by atoms with Gasteiger partial charge >= 0.3 is 0 Å². The minimum absolute atomic E-state index is 0.887. The van der Waals surface area contributed by atoms with Gasteiger partial charge in [0.25, 0.3) is 0 Å². The Morgan fingerprint density at radius 2 is 2.00 bits per heavy atom. The molecular formula is C18H21N3. The van der Waals surface area contributed by atoms with Crippen molar-refractivity contribution in [3.8, 4) is 0 Å². The number of para-hydroxylation sites is 1. The van der Waals surface area contributed by atoms with Gasteiger partial charge in [0.15, 0.2) is 0 Å². The molecule has 0 unspecified atom stereocenters. The van der Waals surface area contributed by atoms with Crippen molar-refractivity contribution in [2.24, 2.45) is 0 Å². The van der Waals surface area contributed by atoms with E-state index in [0.29, 0.717) is 0 Å². The smallest absolute Gasteiger partial charge is 0.0708 e. The molecule has 0 aliphatic carbocycles. The molecule has 2 aromatic heterocycles. The van der Waals surface area contributed by atoms with Crippen LogP contribution in [0.1, 0.15) is 23.9 Å². The van der Waals surface area contributed by atoms with E-state index in [4.69, 9.17) is 0 Å². The first-order valence-electron chi connectivity index (χ1n) is 7.48. The first-order valence-corrected chi connectivity index (χ1v) is 7.48. The molecular weight excluding hydrogens is 258 g/mol. The summed E-state index contributed by atoms with van der Waals surface area (Å²) in [5.41, 5.74) is 4.79. The maximum absolute atomic E-state index is 4.62. The van der Waals surface area contributed by atoms with E-state index in [1.807, 2.05) is 6.07 Å². The first kappa shape index (κ1) is 13.8. The Hall–Kier alpha value is -2.13. The van der Waals surface area contributed by atoms with Gasteiger partial charge in [-0.3, -0.25) is 4.98 Å². The summed E-state index contributed by atoms with van der Waals surface area (Å²) in [6, 6.07) is 14.9. The molecule has 108 valence electrons. The van der Waals surface area contributed by atoms with Gasteiger partial charge in [-0.05, 0) is 43.3 Å². The lowest BCUT2D eigenvalue weighted by atomic mass is 10.1. The van der Waals surface area contributed by atoms with E-state index in [1.54, 1.807) is 0 Å². The van der Waals surface area contributed by atoms with Gasteiger partial charge in [-0.1, -0.05) is 25.1 Å². The van der Waals surface area contributed by atoms with Gasteiger partial charge in [0, 0.05) is 36.1 Å². The zero-order chi connectivity index (χ0) is 14.7. The number of aryl methyl sites for hydroxylation is 1. The first-order chi connectivity index (χ1) is 10.3. The second kappa shape index (κ2) is 6.10.